The molecule has 1 heterocycles. The van der Waals surface area contributed by atoms with Gasteiger partial charge < -0.3 is 11.1 Å². The number of carbonyl (C=O) groups is 1. The molecule has 110 valence electrons. The first-order chi connectivity index (χ1) is 10.0. The van der Waals surface area contributed by atoms with Gasteiger partial charge in [0.2, 0.25) is 0 Å². The number of anilines is 2. The first kappa shape index (κ1) is 14.4. The van der Waals surface area contributed by atoms with Gasteiger partial charge in [0.25, 0.3) is 5.91 Å². The average molecular weight is 321 g/mol. The zero-order valence-corrected chi connectivity index (χ0v) is 13.4. The summed E-state index contributed by atoms with van der Waals surface area (Å²) in [7, 11) is 0. The van der Waals surface area contributed by atoms with Crippen LogP contribution < -0.4 is 11.1 Å². The van der Waals surface area contributed by atoms with E-state index in [1.165, 1.54) is 4.88 Å². The second-order valence-corrected chi connectivity index (χ2v) is 7.13. The van der Waals surface area contributed by atoms with Crippen LogP contribution in [0.4, 0.5) is 10.7 Å². The van der Waals surface area contributed by atoms with Gasteiger partial charge in [-0.25, -0.2) is 0 Å². The number of fused-ring (bicyclic) bond motifs is 1. The third-order valence-electron chi connectivity index (χ3n) is 3.87. The molecule has 0 unspecified atom stereocenters. The van der Waals surface area contributed by atoms with Gasteiger partial charge in [-0.3, -0.25) is 4.79 Å². The molecule has 0 bridgehead atoms. The minimum Gasteiger partial charge on any atom is -0.390 e. The van der Waals surface area contributed by atoms with Crippen LogP contribution in [0.1, 0.15) is 34.1 Å². The Labute approximate surface area is 133 Å². The number of nitrogens with one attached hydrogen (secondary N) is 1. The zero-order chi connectivity index (χ0) is 15.0. The lowest BCUT2D eigenvalue weighted by Crippen LogP contribution is -2.17. The van der Waals surface area contributed by atoms with Crippen molar-refractivity contribution in [1.82, 2.24) is 0 Å². The number of benzene rings is 1. The van der Waals surface area contributed by atoms with E-state index in [-0.39, 0.29) is 5.91 Å². The predicted octanol–water partition coefficient (Wildman–Crippen LogP) is 4.36. The third kappa shape index (κ3) is 2.92. The Hall–Kier alpha value is -1.52. The fraction of sp³-hybridized carbons (Fsp3) is 0.312. The summed E-state index contributed by atoms with van der Waals surface area (Å²) < 4.78 is 0. The number of nitrogen functional groups attached to an aromatic ring is 1. The summed E-state index contributed by atoms with van der Waals surface area (Å²) in [4.78, 5) is 13.8. The number of hydrogen-bond donors (Lipinski definition) is 2. The predicted molar refractivity (Wildman–Crippen MR) is 89.3 cm³/mol. The molecule has 1 aliphatic carbocycles. The summed E-state index contributed by atoms with van der Waals surface area (Å²) in [6, 6.07) is 7.09. The van der Waals surface area contributed by atoms with Crippen LogP contribution in [-0.4, -0.2) is 5.91 Å². The molecule has 3 nitrogen and oxygen atoms in total. The van der Waals surface area contributed by atoms with Gasteiger partial charge in [-0.1, -0.05) is 18.5 Å². The molecule has 1 atom stereocenters. The van der Waals surface area contributed by atoms with Crippen LogP contribution >= 0.6 is 22.9 Å². The Morgan fingerprint density at radius 3 is 2.81 bits per heavy atom. The molecule has 21 heavy (non-hydrogen) atoms. The number of rotatable bonds is 2. The lowest BCUT2D eigenvalue weighted by molar-refractivity contribution is 0.102. The van der Waals surface area contributed by atoms with Crippen molar-refractivity contribution in [3.8, 4) is 0 Å². The fourth-order valence-corrected chi connectivity index (χ4v) is 4.15. The Bertz CT molecular complexity index is 678. The molecule has 0 radical (unpaired) electrons. The van der Waals surface area contributed by atoms with Gasteiger partial charge in [0.1, 0.15) is 0 Å². The maximum Gasteiger partial charge on any atom is 0.258 e. The normalized spacial score (nSPS) is 17.3. The highest BCUT2D eigenvalue weighted by Crippen LogP contribution is 2.38. The number of carbonyl (C=O) groups excluding carboxylic acids is 1. The maximum absolute atomic E-state index is 12.5. The number of thiophene rings is 1. The summed E-state index contributed by atoms with van der Waals surface area (Å²) in [5, 5.41) is 4.18. The van der Waals surface area contributed by atoms with E-state index in [2.05, 4.69) is 12.2 Å². The van der Waals surface area contributed by atoms with E-state index < -0.39 is 0 Å². The number of amides is 1. The standard InChI is InChI=1S/C16H17ClN2OS/c1-9-2-7-12-13(8-9)21-15(18)14(12)16(20)19-11-5-3-10(17)4-6-11/h3-6,9H,2,7-8,18H2,1H3,(H,19,20)/t9-/m1/s1. The first-order valence-corrected chi connectivity index (χ1v) is 8.21. The molecular formula is C16H17ClN2OS. The van der Waals surface area contributed by atoms with Gasteiger partial charge in [0.05, 0.1) is 10.6 Å². The molecule has 0 saturated carbocycles. The minimum atomic E-state index is -0.123. The van der Waals surface area contributed by atoms with Crippen molar-refractivity contribution in [2.75, 3.05) is 11.1 Å². The molecule has 0 fully saturated rings. The molecule has 1 aromatic heterocycles. The van der Waals surface area contributed by atoms with Crippen LogP contribution in [0.15, 0.2) is 24.3 Å². The van der Waals surface area contributed by atoms with Crippen LogP contribution in [0, 0.1) is 5.92 Å². The molecule has 0 saturated heterocycles. The molecule has 0 aliphatic heterocycles. The second-order valence-electron chi connectivity index (χ2n) is 5.55. The SMILES string of the molecule is C[C@@H]1CCc2c(sc(N)c2C(=O)Nc2ccc(Cl)cc2)C1. The van der Waals surface area contributed by atoms with Gasteiger partial charge in [-0.05, 0) is 55.0 Å². The quantitative estimate of drug-likeness (QED) is 0.863. The minimum absolute atomic E-state index is 0.123. The lowest BCUT2D eigenvalue weighted by Gasteiger charge is -2.18. The van der Waals surface area contributed by atoms with E-state index >= 15 is 0 Å². The highest BCUT2D eigenvalue weighted by atomic mass is 35.5. The largest absolute Gasteiger partial charge is 0.390 e. The van der Waals surface area contributed by atoms with E-state index in [0.29, 0.717) is 21.5 Å². The Kier molecular flexibility index (Phi) is 3.91. The molecule has 0 spiro atoms. The van der Waals surface area contributed by atoms with Crippen molar-refractivity contribution in [3.05, 3.63) is 45.3 Å². The second kappa shape index (κ2) is 5.70. The molecule has 3 N–H and O–H groups in total. The monoisotopic (exact) mass is 320 g/mol. The van der Waals surface area contributed by atoms with Crippen LogP contribution in [0.2, 0.25) is 5.02 Å². The molecule has 1 amide bonds. The number of hydrogen-bond acceptors (Lipinski definition) is 3. The Morgan fingerprint density at radius 1 is 1.38 bits per heavy atom. The van der Waals surface area contributed by atoms with Crippen LogP contribution in [-0.2, 0) is 12.8 Å². The number of nitrogens with two attached hydrogens (primary N) is 1. The fourth-order valence-electron chi connectivity index (χ4n) is 2.75. The van der Waals surface area contributed by atoms with Gasteiger partial charge in [0.15, 0.2) is 0 Å². The van der Waals surface area contributed by atoms with Crippen molar-refractivity contribution >= 4 is 39.5 Å². The molecule has 2 aromatic rings. The summed E-state index contributed by atoms with van der Waals surface area (Å²) in [5.41, 5.74) is 8.62. The van der Waals surface area contributed by atoms with Gasteiger partial charge in [-0.2, -0.15) is 0 Å². The molecule has 5 heteroatoms. The van der Waals surface area contributed by atoms with E-state index in [1.807, 2.05) is 0 Å². The van der Waals surface area contributed by atoms with E-state index in [9.17, 15) is 4.79 Å². The van der Waals surface area contributed by atoms with Crippen molar-refractivity contribution in [1.29, 1.82) is 0 Å². The topological polar surface area (TPSA) is 55.1 Å². The van der Waals surface area contributed by atoms with E-state index in [4.69, 9.17) is 17.3 Å². The molecular weight excluding hydrogens is 304 g/mol. The summed E-state index contributed by atoms with van der Waals surface area (Å²) in [6.07, 6.45) is 3.08. The zero-order valence-electron chi connectivity index (χ0n) is 11.8. The van der Waals surface area contributed by atoms with Crippen molar-refractivity contribution in [2.24, 2.45) is 5.92 Å². The highest BCUT2D eigenvalue weighted by molar-refractivity contribution is 7.16. The molecule has 1 aromatic carbocycles. The summed E-state index contributed by atoms with van der Waals surface area (Å²) in [6.45, 7) is 2.24. The molecule has 1 aliphatic rings. The van der Waals surface area contributed by atoms with Gasteiger partial charge >= 0.3 is 0 Å². The van der Waals surface area contributed by atoms with E-state index in [1.54, 1.807) is 35.6 Å². The van der Waals surface area contributed by atoms with Crippen LogP contribution in [0.25, 0.3) is 0 Å². The highest BCUT2D eigenvalue weighted by Gasteiger charge is 2.26. The lowest BCUT2D eigenvalue weighted by atomic mass is 9.88. The van der Waals surface area contributed by atoms with Crippen molar-refractivity contribution < 1.29 is 4.79 Å². The number of halogens is 1. The molecule has 3 rings (SSSR count). The summed E-state index contributed by atoms with van der Waals surface area (Å²) in [5.74, 6) is 0.546. The van der Waals surface area contributed by atoms with Crippen molar-refractivity contribution in [3.63, 3.8) is 0 Å². The Morgan fingerprint density at radius 2 is 2.10 bits per heavy atom. The summed E-state index contributed by atoms with van der Waals surface area (Å²) >= 11 is 7.41. The van der Waals surface area contributed by atoms with Crippen LogP contribution in [0.5, 0.6) is 0 Å². The van der Waals surface area contributed by atoms with Crippen LogP contribution in [0.3, 0.4) is 0 Å². The van der Waals surface area contributed by atoms with E-state index in [0.717, 1.165) is 30.5 Å². The van der Waals surface area contributed by atoms with Gasteiger partial charge in [-0.15, -0.1) is 11.3 Å². The maximum atomic E-state index is 12.5. The smallest absolute Gasteiger partial charge is 0.258 e. The average Bonchev–Trinajstić information content (AvgIpc) is 2.76. The first-order valence-electron chi connectivity index (χ1n) is 7.01. The van der Waals surface area contributed by atoms with Gasteiger partial charge in [0, 0.05) is 15.6 Å². The van der Waals surface area contributed by atoms with Crippen molar-refractivity contribution in [2.45, 2.75) is 26.2 Å². The third-order valence-corrected chi connectivity index (χ3v) is 5.20. The Balaban J connectivity index is 1.86.